The summed E-state index contributed by atoms with van der Waals surface area (Å²) in [6, 6.07) is 10.6. The van der Waals surface area contributed by atoms with E-state index in [2.05, 4.69) is 5.32 Å². The average Bonchev–Trinajstić information content (AvgIpc) is 2.90. The standard InChI is InChI=1S/C17H15N3O5/c1-10-15-5-3-2-4-11(15)8-16(10)18-17(21)12-6-13(19(22)23)9-14(7-12)20(24)25/h2-7,9-10,16H,8H2,1H3,(H,18,21)/t10-,16-/m1/s1. The number of carbonyl (C=O) groups is 1. The van der Waals surface area contributed by atoms with E-state index < -0.39 is 27.1 Å². The Morgan fingerprint density at radius 2 is 1.68 bits per heavy atom. The lowest BCUT2D eigenvalue weighted by atomic mass is 10.0. The van der Waals surface area contributed by atoms with Gasteiger partial charge in [0.15, 0.2) is 0 Å². The van der Waals surface area contributed by atoms with Crippen LogP contribution in [0.4, 0.5) is 11.4 Å². The number of carbonyl (C=O) groups excluding carboxylic acids is 1. The Balaban J connectivity index is 1.85. The van der Waals surface area contributed by atoms with Gasteiger partial charge < -0.3 is 5.32 Å². The number of rotatable bonds is 4. The molecule has 0 heterocycles. The second kappa shape index (κ2) is 6.31. The van der Waals surface area contributed by atoms with E-state index in [4.69, 9.17) is 0 Å². The Kier molecular flexibility index (Phi) is 4.18. The lowest BCUT2D eigenvalue weighted by Crippen LogP contribution is -2.37. The van der Waals surface area contributed by atoms with Crippen LogP contribution in [0.25, 0.3) is 0 Å². The summed E-state index contributed by atoms with van der Waals surface area (Å²) in [5.74, 6) is -0.467. The molecule has 0 radical (unpaired) electrons. The van der Waals surface area contributed by atoms with Crippen molar-refractivity contribution in [3.8, 4) is 0 Å². The number of nitro benzene ring substituents is 2. The number of non-ortho nitro benzene ring substituents is 2. The predicted molar refractivity (Wildman–Crippen MR) is 89.6 cm³/mol. The highest BCUT2D eigenvalue weighted by atomic mass is 16.6. The number of benzene rings is 2. The number of hydrogen-bond donors (Lipinski definition) is 1. The van der Waals surface area contributed by atoms with Crippen LogP contribution in [0.1, 0.15) is 34.3 Å². The Morgan fingerprint density at radius 1 is 1.08 bits per heavy atom. The van der Waals surface area contributed by atoms with Crippen LogP contribution in [0, 0.1) is 20.2 Å². The number of nitrogens with one attached hydrogen (secondary N) is 1. The highest BCUT2D eigenvalue weighted by molar-refractivity contribution is 5.96. The molecule has 2 atom stereocenters. The van der Waals surface area contributed by atoms with Gasteiger partial charge in [0, 0.05) is 24.1 Å². The SMILES string of the molecule is C[C@@H]1c2ccccc2C[C@H]1NC(=O)c1cc([N+](=O)[O-])cc([N+](=O)[O-])c1. The summed E-state index contributed by atoms with van der Waals surface area (Å²) in [5.41, 5.74) is 1.23. The fourth-order valence-corrected chi connectivity index (χ4v) is 3.16. The first-order valence-electron chi connectivity index (χ1n) is 7.69. The number of amides is 1. The minimum atomic E-state index is -0.752. The topological polar surface area (TPSA) is 115 Å². The molecule has 0 saturated carbocycles. The van der Waals surface area contributed by atoms with Gasteiger partial charge in [-0.15, -0.1) is 0 Å². The lowest BCUT2D eigenvalue weighted by molar-refractivity contribution is -0.394. The second-order valence-electron chi connectivity index (χ2n) is 6.02. The highest BCUT2D eigenvalue weighted by Gasteiger charge is 2.30. The van der Waals surface area contributed by atoms with Gasteiger partial charge in [-0.2, -0.15) is 0 Å². The maximum Gasteiger partial charge on any atom is 0.277 e. The third kappa shape index (κ3) is 3.18. The van der Waals surface area contributed by atoms with Crippen LogP contribution in [-0.2, 0) is 6.42 Å². The van der Waals surface area contributed by atoms with Crippen molar-refractivity contribution in [2.24, 2.45) is 0 Å². The zero-order chi connectivity index (χ0) is 18.1. The maximum absolute atomic E-state index is 12.5. The van der Waals surface area contributed by atoms with E-state index in [1.165, 1.54) is 0 Å². The molecule has 0 aliphatic heterocycles. The molecule has 0 bridgehead atoms. The number of hydrogen-bond acceptors (Lipinski definition) is 5. The summed E-state index contributed by atoms with van der Waals surface area (Å²) >= 11 is 0. The van der Waals surface area contributed by atoms with E-state index in [0.717, 1.165) is 29.3 Å². The van der Waals surface area contributed by atoms with Crippen LogP contribution in [-0.4, -0.2) is 21.8 Å². The first kappa shape index (κ1) is 16.6. The Morgan fingerprint density at radius 3 is 2.24 bits per heavy atom. The van der Waals surface area contributed by atoms with Crippen molar-refractivity contribution in [3.05, 3.63) is 79.4 Å². The molecule has 128 valence electrons. The zero-order valence-electron chi connectivity index (χ0n) is 13.3. The Hall–Kier alpha value is -3.29. The Labute approximate surface area is 142 Å². The largest absolute Gasteiger partial charge is 0.348 e. The highest BCUT2D eigenvalue weighted by Crippen LogP contribution is 2.33. The summed E-state index contributed by atoms with van der Waals surface area (Å²) in [7, 11) is 0. The molecule has 1 aliphatic carbocycles. The van der Waals surface area contributed by atoms with Gasteiger partial charge in [0.2, 0.25) is 0 Å². The van der Waals surface area contributed by atoms with Gasteiger partial charge in [-0.05, 0) is 17.5 Å². The molecule has 25 heavy (non-hydrogen) atoms. The van der Waals surface area contributed by atoms with E-state index in [1.807, 2.05) is 31.2 Å². The maximum atomic E-state index is 12.5. The van der Waals surface area contributed by atoms with Crippen LogP contribution in [0.3, 0.4) is 0 Å². The lowest BCUT2D eigenvalue weighted by Gasteiger charge is -2.18. The summed E-state index contributed by atoms with van der Waals surface area (Å²) in [5, 5.41) is 24.7. The summed E-state index contributed by atoms with van der Waals surface area (Å²) in [6.45, 7) is 1.99. The summed E-state index contributed by atoms with van der Waals surface area (Å²) < 4.78 is 0. The third-order valence-electron chi connectivity index (χ3n) is 4.49. The van der Waals surface area contributed by atoms with Crippen molar-refractivity contribution in [2.75, 3.05) is 0 Å². The van der Waals surface area contributed by atoms with Gasteiger partial charge >= 0.3 is 0 Å². The van der Waals surface area contributed by atoms with E-state index in [0.29, 0.717) is 6.42 Å². The van der Waals surface area contributed by atoms with Crippen molar-refractivity contribution >= 4 is 17.3 Å². The Bertz CT molecular complexity index is 848. The summed E-state index contributed by atoms with van der Waals surface area (Å²) in [6.07, 6.45) is 0.653. The number of fused-ring (bicyclic) bond motifs is 1. The summed E-state index contributed by atoms with van der Waals surface area (Å²) in [4.78, 5) is 32.9. The minimum absolute atomic E-state index is 0.0915. The van der Waals surface area contributed by atoms with Gasteiger partial charge in [-0.1, -0.05) is 31.2 Å². The molecule has 1 amide bonds. The quantitative estimate of drug-likeness (QED) is 0.678. The smallest absolute Gasteiger partial charge is 0.277 e. The fraction of sp³-hybridized carbons (Fsp3) is 0.235. The first-order valence-corrected chi connectivity index (χ1v) is 7.69. The van der Waals surface area contributed by atoms with Crippen LogP contribution in [0.15, 0.2) is 42.5 Å². The zero-order valence-corrected chi connectivity index (χ0v) is 13.3. The molecule has 0 fully saturated rings. The van der Waals surface area contributed by atoms with Gasteiger partial charge in [0.25, 0.3) is 17.3 Å². The number of nitrogens with zero attached hydrogens (tertiary/aromatic N) is 2. The van der Waals surface area contributed by atoms with Gasteiger partial charge in [0.1, 0.15) is 0 Å². The third-order valence-corrected chi connectivity index (χ3v) is 4.49. The molecule has 0 spiro atoms. The van der Waals surface area contributed by atoms with Gasteiger partial charge in [-0.3, -0.25) is 25.0 Å². The first-order chi connectivity index (χ1) is 11.9. The van der Waals surface area contributed by atoms with E-state index in [1.54, 1.807) is 0 Å². The van der Waals surface area contributed by atoms with Crippen molar-refractivity contribution in [2.45, 2.75) is 25.3 Å². The van der Waals surface area contributed by atoms with E-state index >= 15 is 0 Å². The molecule has 0 unspecified atom stereocenters. The molecule has 3 rings (SSSR count). The van der Waals surface area contributed by atoms with Gasteiger partial charge in [0.05, 0.1) is 21.5 Å². The van der Waals surface area contributed by atoms with Crippen molar-refractivity contribution < 1.29 is 14.6 Å². The molecule has 1 aliphatic rings. The van der Waals surface area contributed by atoms with Crippen LogP contribution in [0.2, 0.25) is 0 Å². The van der Waals surface area contributed by atoms with Crippen molar-refractivity contribution in [1.82, 2.24) is 5.32 Å². The van der Waals surface area contributed by atoms with Crippen LogP contribution >= 0.6 is 0 Å². The monoisotopic (exact) mass is 341 g/mol. The molecule has 2 aromatic carbocycles. The van der Waals surface area contributed by atoms with Crippen LogP contribution < -0.4 is 5.32 Å². The molecule has 1 N–H and O–H groups in total. The predicted octanol–water partition coefficient (Wildman–Crippen LogP) is 2.96. The van der Waals surface area contributed by atoms with Crippen molar-refractivity contribution in [1.29, 1.82) is 0 Å². The van der Waals surface area contributed by atoms with Gasteiger partial charge in [-0.25, -0.2) is 0 Å². The molecule has 0 saturated heterocycles. The van der Waals surface area contributed by atoms with Crippen molar-refractivity contribution in [3.63, 3.8) is 0 Å². The average molecular weight is 341 g/mol. The fourth-order valence-electron chi connectivity index (χ4n) is 3.16. The van der Waals surface area contributed by atoms with Crippen LogP contribution in [0.5, 0.6) is 0 Å². The van der Waals surface area contributed by atoms with E-state index in [-0.39, 0.29) is 17.5 Å². The molecule has 8 nitrogen and oxygen atoms in total. The molecular formula is C17H15N3O5. The number of nitro groups is 2. The normalized spacial score (nSPS) is 18.4. The van der Waals surface area contributed by atoms with E-state index in [9.17, 15) is 25.0 Å². The molecule has 8 heteroatoms. The second-order valence-corrected chi connectivity index (χ2v) is 6.02. The molecule has 0 aromatic heterocycles. The minimum Gasteiger partial charge on any atom is -0.348 e. The molecule has 2 aromatic rings. The molecular weight excluding hydrogens is 326 g/mol.